The summed E-state index contributed by atoms with van der Waals surface area (Å²) in [5, 5.41) is 4.63. The van der Waals surface area contributed by atoms with Crippen molar-refractivity contribution in [1.82, 2.24) is 0 Å². The molecule has 3 aromatic carbocycles. The summed E-state index contributed by atoms with van der Waals surface area (Å²) in [6.07, 6.45) is 0. The Morgan fingerprint density at radius 1 is 0.828 bits per heavy atom. The van der Waals surface area contributed by atoms with Crippen molar-refractivity contribution in [3.05, 3.63) is 85.6 Å². The van der Waals surface area contributed by atoms with Gasteiger partial charge < -0.3 is 14.8 Å². The Morgan fingerprint density at radius 3 is 2.31 bits per heavy atom. The highest BCUT2D eigenvalue weighted by molar-refractivity contribution is 6.42. The Hall–Kier alpha value is -1.85. The van der Waals surface area contributed by atoms with E-state index in [1.165, 1.54) is 12.1 Å². The van der Waals surface area contributed by atoms with Gasteiger partial charge in [0.25, 0.3) is 0 Å². The Balaban J connectivity index is 1.72. The van der Waals surface area contributed by atoms with Gasteiger partial charge in [0, 0.05) is 23.3 Å². The third kappa shape index (κ3) is 5.61. The first kappa shape index (κ1) is 21.8. The van der Waals surface area contributed by atoms with Crippen molar-refractivity contribution in [2.24, 2.45) is 0 Å². The Morgan fingerprint density at radius 2 is 1.62 bits per heavy atom. The fourth-order valence-electron chi connectivity index (χ4n) is 2.58. The van der Waals surface area contributed by atoms with Crippen LogP contribution in [0.1, 0.15) is 11.1 Å². The van der Waals surface area contributed by atoms with Crippen LogP contribution in [0.2, 0.25) is 20.1 Å². The molecule has 3 rings (SSSR count). The van der Waals surface area contributed by atoms with Gasteiger partial charge in [-0.25, -0.2) is 4.39 Å². The van der Waals surface area contributed by atoms with Crippen LogP contribution in [0.5, 0.6) is 11.5 Å². The number of benzene rings is 3. The molecule has 0 aliphatic rings. The van der Waals surface area contributed by atoms with Gasteiger partial charge in [-0.15, -0.1) is 0 Å². The zero-order valence-electron chi connectivity index (χ0n) is 15.2. The van der Waals surface area contributed by atoms with Gasteiger partial charge in [-0.2, -0.15) is 0 Å². The van der Waals surface area contributed by atoms with E-state index < -0.39 is 5.82 Å². The zero-order chi connectivity index (χ0) is 21.0. The van der Waals surface area contributed by atoms with E-state index in [-0.39, 0.29) is 11.6 Å². The Labute approximate surface area is 188 Å². The SMILES string of the molecule is COc1cc(CNc2ccc(F)c(Cl)c2)c(Cl)cc1OCc1ccc(Cl)c(Cl)c1. The van der Waals surface area contributed by atoms with Crippen molar-refractivity contribution < 1.29 is 13.9 Å². The summed E-state index contributed by atoms with van der Waals surface area (Å²) >= 11 is 24.2. The number of nitrogens with one attached hydrogen (secondary N) is 1. The maximum atomic E-state index is 13.3. The molecule has 0 aliphatic carbocycles. The highest BCUT2D eigenvalue weighted by Gasteiger charge is 2.12. The molecule has 0 saturated heterocycles. The molecule has 3 nitrogen and oxygen atoms in total. The molecule has 0 unspecified atom stereocenters. The molecule has 0 aromatic heterocycles. The Bertz CT molecular complexity index is 1030. The largest absolute Gasteiger partial charge is 0.493 e. The number of hydrogen-bond donors (Lipinski definition) is 1. The van der Waals surface area contributed by atoms with E-state index in [4.69, 9.17) is 55.9 Å². The third-order valence-corrected chi connectivity index (χ3v) is 5.49. The maximum Gasteiger partial charge on any atom is 0.163 e. The normalized spacial score (nSPS) is 10.7. The fraction of sp³-hybridized carbons (Fsp3) is 0.143. The highest BCUT2D eigenvalue weighted by atomic mass is 35.5. The summed E-state index contributed by atoms with van der Waals surface area (Å²) in [6, 6.07) is 13.2. The number of hydrogen-bond acceptors (Lipinski definition) is 3. The van der Waals surface area contributed by atoms with E-state index in [2.05, 4.69) is 5.32 Å². The number of anilines is 1. The average Bonchev–Trinajstić information content (AvgIpc) is 2.70. The second-order valence-electron chi connectivity index (χ2n) is 6.11. The first-order chi connectivity index (χ1) is 13.9. The van der Waals surface area contributed by atoms with Crippen molar-refractivity contribution in [1.29, 1.82) is 0 Å². The van der Waals surface area contributed by atoms with Crippen molar-refractivity contribution in [2.75, 3.05) is 12.4 Å². The van der Waals surface area contributed by atoms with Crippen molar-refractivity contribution in [3.8, 4) is 11.5 Å². The summed E-state index contributed by atoms with van der Waals surface area (Å²) < 4.78 is 24.6. The quantitative estimate of drug-likeness (QED) is 0.381. The van der Waals surface area contributed by atoms with Crippen LogP contribution in [0.3, 0.4) is 0 Å². The van der Waals surface area contributed by atoms with E-state index in [1.807, 2.05) is 6.07 Å². The molecule has 152 valence electrons. The van der Waals surface area contributed by atoms with E-state index in [9.17, 15) is 4.39 Å². The molecule has 0 radical (unpaired) electrons. The molecule has 0 spiro atoms. The minimum atomic E-state index is -0.472. The standard InChI is InChI=1S/C21H16Cl4FNO2/c1-28-20-7-13(10-27-14-3-5-19(26)18(25)8-14)16(23)9-21(20)29-11-12-2-4-15(22)17(24)6-12/h2-9,27H,10-11H2,1H3. The van der Waals surface area contributed by atoms with Gasteiger partial charge in [0.1, 0.15) is 12.4 Å². The van der Waals surface area contributed by atoms with Crippen LogP contribution in [-0.2, 0) is 13.2 Å². The molecular formula is C21H16Cl4FNO2. The molecule has 1 N–H and O–H groups in total. The lowest BCUT2D eigenvalue weighted by molar-refractivity contribution is 0.284. The number of methoxy groups -OCH3 is 1. The van der Waals surface area contributed by atoms with Crippen LogP contribution in [0.4, 0.5) is 10.1 Å². The topological polar surface area (TPSA) is 30.5 Å². The first-order valence-electron chi connectivity index (χ1n) is 8.49. The average molecular weight is 475 g/mol. The molecule has 3 aromatic rings. The van der Waals surface area contributed by atoms with Gasteiger partial charge in [0.05, 0.1) is 22.2 Å². The highest BCUT2D eigenvalue weighted by Crippen LogP contribution is 2.35. The summed E-state index contributed by atoms with van der Waals surface area (Å²) in [4.78, 5) is 0. The summed E-state index contributed by atoms with van der Waals surface area (Å²) in [5.41, 5.74) is 2.31. The lowest BCUT2D eigenvalue weighted by Crippen LogP contribution is -2.03. The molecule has 29 heavy (non-hydrogen) atoms. The first-order valence-corrected chi connectivity index (χ1v) is 10.0. The number of ether oxygens (including phenoxy) is 2. The molecule has 0 aliphatic heterocycles. The molecule has 0 bridgehead atoms. The van der Waals surface area contributed by atoms with Crippen LogP contribution in [0, 0.1) is 5.82 Å². The predicted octanol–water partition coefficient (Wildman–Crippen LogP) is 7.64. The number of halogens is 5. The second kappa shape index (κ2) is 9.77. The lowest BCUT2D eigenvalue weighted by Gasteiger charge is -2.15. The third-order valence-electron chi connectivity index (χ3n) is 4.11. The van der Waals surface area contributed by atoms with E-state index in [0.29, 0.717) is 38.8 Å². The van der Waals surface area contributed by atoms with Crippen LogP contribution in [0.25, 0.3) is 0 Å². The zero-order valence-corrected chi connectivity index (χ0v) is 18.3. The van der Waals surface area contributed by atoms with E-state index in [0.717, 1.165) is 11.1 Å². The van der Waals surface area contributed by atoms with Gasteiger partial charge in [0.2, 0.25) is 0 Å². The van der Waals surface area contributed by atoms with Crippen molar-refractivity contribution in [3.63, 3.8) is 0 Å². The van der Waals surface area contributed by atoms with Crippen molar-refractivity contribution in [2.45, 2.75) is 13.2 Å². The summed E-state index contributed by atoms with van der Waals surface area (Å²) in [5.74, 6) is 0.556. The fourth-order valence-corrected chi connectivity index (χ4v) is 3.30. The van der Waals surface area contributed by atoms with Gasteiger partial charge >= 0.3 is 0 Å². The predicted molar refractivity (Wildman–Crippen MR) is 118 cm³/mol. The van der Waals surface area contributed by atoms with Gasteiger partial charge in [-0.3, -0.25) is 0 Å². The molecule has 0 heterocycles. The van der Waals surface area contributed by atoms with Crippen LogP contribution < -0.4 is 14.8 Å². The molecular weight excluding hydrogens is 459 g/mol. The van der Waals surface area contributed by atoms with Gasteiger partial charge in [0.15, 0.2) is 11.5 Å². The summed E-state index contributed by atoms with van der Waals surface area (Å²) in [7, 11) is 1.55. The molecule has 0 atom stereocenters. The monoisotopic (exact) mass is 473 g/mol. The van der Waals surface area contributed by atoms with Crippen LogP contribution in [0.15, 0.2) is 48.5 Å². The van der Waals surface area contributed by atoms with Crippen molar-refractivity contribution >= 4 is 52.1 Å². The summed E-state index contributed by atoms with van der Waals surface area (Å²) in [6.45, 7) is 0.666. The van der Waals surface area contributed by atoms with E-state index >= 15 is 0 Å². The van der Waals surface area contributed by atoms with Gasteiger partial charge in [-0.05, 0) is 47.5 Å². The Kier molecular flexibility index (Phi) is 7.36. The smallest absolute Gasteiger partial charge is 0.163 e. The minimum Gasteiger partial charge on any atom is -0.493 e. The minimum absolute atomic E-state index is 0.0460. The maximum absolute atomic E-state index is 13.3. The van der Waals surface area contributed by atoms with Crippen LogP contribution in [-0.4, -0.2) is 7.11 Å². The van der Waals surface area contributed by atoms with E-state index in [1.54, 1.807) is 37.4 Å². The molecule has 0 fully saturated rings. The molecule has 8 heteroatoms. The molecule has 0 amide bonds. The number of rotatable bonds is 7. The second-order valence-corrected chi connectivity index (χ2v) is 7.74. The van der Waals surface area contributed by atoms with Gasteiger partial charge in [-0.1, -0.05) is 52.5 Å². The lowest BCUT2D eigenvalue weighted by atomic mass is 10.2. The van der Waals surface area contributed by atoms with Crippen LogP contribution >= 0.6 is 46.4 Å². The molecule has 0 saturated carbocycles.